The molecule has 0 unspecified atom stereocenters. The Kier molecular flexibility index (Phi) is 4.11. The van der Waals surface area contributed by atoms with Crippen molar-refractivity contribution in [3.63, 3.8) is 0 Å². The lowest BCUT2D eigenvalue weighted by atomic mass is 9.89. The first-order chi connectivity index (χ1) is 11.2. The number of rotatable bonds is 1. The van der Waals surface area contributed by atoms with Crippen molar-refractivity contribution in [1.29, 1.82) is 0 Å². The van der Waals surface area contributed by atoms with Crippen LogP contribution in [-0.4, -0.2) is 40.8 Å². The van der Waals surface area contributed by atoms with Crippen LogP contribution in [0.25, 0.3) is 11.3 Å². The van der Waals surface area contributed by atoms with Gasteiger partial charge in [-0.05, 0) is 50.5 Å². The molecule has 0 spiro atoms. The van der Waals surface area contributed by atoms with Gasteiger partial charge in [-0.2, -0.15) is 5.10 Å². The highest BCUT2D eigenvalue weighted by molar-refractivity contribution is 6.36. The molecule has 1 aliphatic heterocycles. The van der Waals surface area contributed by atoms with E-state index in [-0.39, 0.29) is 11.9 Å². The molecule has 0 aliphatic carbocycles. The summed E-state index contributed by atoms with van der Waals surface area (Å²) in [5, 5.41) is 4.63. The summed E-state index contributed by atoms with van der Waals surface area (Å²) < 4.78 is 20.5. The lowest BCUT2D eigenvalue weighted by molar-refractivity contribution is 0.0195. The Morgan fingerprint density at radius 1 is 1.25 bits per heavy atom. The number of nitrogens with zero attached hydrogens (tertiary/aromatic N) is 3. The zero-order valence-corrected chi connectivity index (χ0v) is 14.5. The molecule has 0 radical (unpaired) electrons. The maximum Gasteiger partial charge on any atom is 0.410 e. The topological polar surface area (TPSA) is 47.4 Å². The number of aromatic nitrogens is 2. The van der Waals surface area contributed by atoms with E-state index in [1.165, 1.54) is 12.1 Å². The van der Waals surface area contributed by atoms with E-state index in [4.69, 9.17) is 4.74 Å². The van der Waals surface area contributed by atoms with Gasteiger partial charge in [-0.1, -0.05) is 0 Å². The standard InChI is InChI=1S/C17H21BFN3O2/c1-17(2,3)24-16(23)21-8-9-22-13(10-21)14(18)15(20-22)11-4-6-12(19)7-5-11/h4-7H,8-10,18H2,1-3H3. The smallest absolute Gasteiger partial charge is 0.410 e. The van der Waals surface area contributed by atoms with Gasteiger partial charge in [0.05, 0.1) is 24.5 Å². The first-order valence-corrected chi connectivity index (χ1v) is 8.05. The number of hydrogen-bond acceptors (Lipinski definition) is 3. The van der Waals surface area contributed by atoms with Crippen LogP contribution >= 0.6 is 0 Å². The molecule has 0 saturated carbocycles. The fraction of sp³-hybridized carbons (Fsp3) is 0.412. The molecule has 0 N–H and O–H groups in total. The van der Waals surface area contributed by atoms with Gasteiger partial charge in [-0.25, -0.2) is 9.18 Å². The summed E-state index contributed by atoms with van der Waals surface area (Å²) >= 11 is 0. The fourth-order valence-electron chi connectivity index (χ4n) is 2.81. The van der Waals surface area contributed by atoms with Crippen molar-refractivity contribution in [2.24, 2.45) is 0 Å². The monoisotopic (exact) mass is 329 g/mol. The number of carbonyl (C=O) groups excluding carboxylic acids is 1. The largest absolute Gasteiger partial charge is 0.444 e. The van der Waals surface area contributed by atoms with Crippen LogP contribution in [0, 0.1) is 5.82 Å². The molecular weight excluding hydrogens is 308 g/mol. The molecule has 0 saturated heterocycles. The SMILES string of the molecule is Bc1c(-c2ccc(F)cc2)nn2c1CN(C(=O)OC(C)(C)C)CC2. The van der Waals surface area contributed by atoms with Gasteiger partial charge in [-0.15, -0.1) is 0 Å². The van der Waals surface area contributed by atoms with Crippen LogP contribution in [0.4, 0.5) is 9.18 Å². The van der Waals surface area contributed by atoms with Crippen molar-refractivity contribution < 1.29 is 13.9 Å². The first kappa shape index (κ1) is 16.5. The molecule has 24 heavy (non-hydrogen) atoms. The van der Waals surface area contributed by atoms with Gasteiger partial charge in [0.1, 0.15) is 19.3 Å². The number of benzene rings is 1. The van der Waals surface area contributed by atoms with Crippen LogP contribution in [0.15, 0.2) is 24.3 Å². The Labute approximate surface area is 141 Å². The van der Waals surface area contributed by atoms with Crippen LogP contribution in [0.5, 0.6) is 0 Å². The van der Waals surface area contributed by atoms with E-state index in [1.54, 1.807) is 17.0 Å². The second kappa shape index (κ2) is 5.96. The quantitative estimate of drug-likeness (QED) is 0.748. The number of halogens is 1. The molecule has 5 nitrogen and oxygen atoms in total. The van der Waals surface area contributed by atoms with Crippen LogP contribution in [0.2, 0.25) is 0 Å². The Bertz CT molecular complexity index is 765. The van der Waals surface area contributed by atoms with Crippen molar-refractivity contribution >= 4 is 19.4 Å². The summed E-state index contributed by atoms with van der Waals surface area (Å²) in [4.78, 5) is 14.0. The van der Waals surface area contributed by atoms with E-state index < -0.39 is 5.60 Å². The van der Waals surface area contributed by atoms with Crippen LogP contribution in [0.1, 0.15) is 26.5 Å². The molecular formula is C17H21BFN3O2. The Balaban J connectivity index is 1.85. The minimum Gasteiger partial charge on any atom is -0.444 e. The average molecular weight is 329 g/mol. The predicted octanol–water partition coefficient (Wildman–Crippen LogP) is 1.70. The second-order valence-corrected chi connectivity index (χ2v) is 7.05. The zero-order chi connectivity index (χ0) is 17.5. The summed E-state index contributed by atoms with van der Waals surface area (Å²) in [5.74, 6) is -0.267. The molecule has 1 aliphatic rings. The van der Waals surface area contributed by atoms with Crippen molar-refractivity contribution in [2.45, 2.75) is 39.5 Å². The van der Waals surface area contributed by atoms with Crippen LogP contribution < -0.4 is 5.46 Å². The van der Waals surface area contributed by atoms with E-state index in [0.29, 0.717) is 19.6 Å². The maximum absolute atomic E-state index is 13.1. The third-order valence-corrected chi connectivity index (χ3v) is 4.01. The van der Waals surface area contributed by atoms with Crippen molar-refractivity contribution in [3.8, 4) is 11.3 Å². The summed E-state index contributed by atoms with van der Waals surface area (Å²) in [6.45, 7) is 7.22. The van der Waals surface area contributed by atoms with E-state index in [2.05, 4.69) is 5.10 Å². The number of ether oxygens (including phenoxy) is 1. The number of hydrogen-bond donors (Lipinski definition) is 0. The van der Waals surface area contributed by atoms with Gasteiger partial charge < -0.3 is 9.64 Å². The Morgan fingerprint density at radius 3 is 2.54 bits per heavy atom. The summed E-state index contributed by atoms with van der Waals surface area (Å²) in [6, 6.07) is 6.31. The molecule has 1 aromatic heterocycles. The summed E-state index contributed by atoms with van der Waals surface area (Å²) in [5.41, 5.74) is 3.19. The lowest BCUT2D eigenvalue weighted by Gasteiger charge is -2.30. The van der Waals surface area contributed by atoms with Gasteiger partial charge in [-0.3, -0.25) is 4.68 Å². The molecule has 126 valence electrons. The van der Waals surface area contributed by atoms with Gasteiger partial charge in [0.2, 0.25) is 0 Å². The Hall–Kier alpha value is -2.31. The number of amides is 1. The van der Waals surface area contributed by atoms with E-state index in [9.17, 15) is 9.18 Å². The van der Waals surface area contributed by atoms with Crippen LogP contribution in [-0.2, 0) is 17.8 Å². The minimum atomic E-state index is -0.511. The molecule has 1 amide bonds. The second-order valence-electron chi connectivity index (χ2n) is 7.05. The Morgan fingerprint density at radius 2 is 1.92 bits per heavy atom. The van der Waals surface area contributed by atoms with Gasteiger partial charge >= 0.3 is 6.09 Å². The normalized spacial score (nSPS) is 14.4. The number of carbonyl (C=O) groups is 1. The highest BCUT2D eigenvalue weighted by Gasteiger charge is 2.28. The van der Waals surface area contributed by atoms with Crippen molar-refractivity contribution in [1.82, 2.24) is 14.7 Å². The lowest BCUT2D eigenvalue weighted by Crippen LogP contribution is -2.42. The highest BCUT2D eigenvalue weighted by Crippen LogP contribution is 2.21. The molecule has 7 heteroatoms. The van der Waals surface area contributed by atoms with Gasteiger partial charge in [0, 0.05) is 12.1 Å². The van der Waals surface area contributed by atoms with E-state index in [1.807, 2.05) is 33.3 Å². The summed E-state index contributed by atoms with van der Waals surface area (Å²) in [7, 11) is 1.98. The predicted molar refractivity (Wildman–Crippen MR) is 92.4 cm³/mol. The van der Waals surface area contributed by atoms with E-state index >= 15 is 0 Å². The maximum atomic E-state index is 13.1. The van der Waals surface area contributed by atoms with Crippen molar-refractivity contribution in [2.75, 3.05) is 6.54 Å². The van der Waals surface area contributed by atoms with E-state index in [0.717, 1.165) is 22.4 Å². The highest BCUT2D eigenvalue weighted by atomic mass is 19.1. The third kappa shape index (κ3) is 3.30. The molecule has 2 aromatic rings. The average Bonchev–Trinajstić information content (AvgIpc) is 2.83. The third-order valence-electron chi connectivity index (χ3n) is 4.01. The molecule has 0 bridgehead atoms. The van der Waals surface area contributed by atoms with Crippen LogP contribution in [0.3, 0.4) is 0 Å². The zero-order valence-electron chi connectivity index (χ0n) is 14.5. The number of fused-ring (bicyclic) bond motifs is 1. The molecule has 0 atom stereocenters. The molecule has 0 fully saturated rings. The van der Waals surface area contributed by atoms with Crippen molar-refractivity contribution in [3.05, 3.63) is 35.8 Å². The van der Waals surface area contributed by atoms with Gasteiger partial charge in [0.25, 0.3) is 0 Å². The first-order valence-electron chi connectivity index (χ1n) is 8.05. The molecule has 3 rings (SSSR count). The molecule has 1 aromatic carbocycles. The fourth-order valence-corrected chi connectivity index (χ4v) is 2.81. The van der Waals surface area contributed by atoms with Gasteiger partial charge in [0.15, 0.2) is 0 Å². The molecule has 2 heterocycles. The summed E-state index contributed by atoms with van der Waals surface area (Å²) in [6.07, 6.45) is -0.308. The minimum absolute atomic E-state index is 0.267.